The van der Waals surface area contributed by atoms with Gasteiger partial charge in [0.25, 0.3) is 0 Å². The van der Waals surface area contributed by atoms with Crippen LogP contribution in [0.5, 0.6) is 0 Å². The van der Waals surface area contributed by atoms with E-state index in [2.05, 4.69) is 16.2 Å². The summed E-state index contributed by atoms with van der Waals surface area (Å²) in [4.78, 5) is 4.56. The molecular formula is C15H13N3S. The lowest BCUT2D eigenvalue weighted by atomic mass is 10.2. The highest BCUT2D eigenvalue weighted by Gasteiger charge is 2.06. The highest BCUT2D eigenvalue weighted by atomic mass is 32.1. The number of hydrogen-bond donors (Lipinski definition) is 0. The van der Waals surface area contributed by atoms with Gasteiger partial charge in [-0.15, -0.1) is 0 Å². The normalized spacial score (nSPS) is 11.2. The van der Waals surface area contributed by atoms with Crippen LogP contribution in [0.3, 0.4) is 0 Å². The maximum atomic E-state index is 4.56. The molecule has 0 bridgehead atoms. The summed E-state index contributed by atoms with van der Waals surface area (Å²) >= 11 is 1.64. The largest absolute Gasteiger partial charge is 0.242 e. The van der Waals surface area contributed by atoms with Crippen molar-refractivity contribution in [1.29, 1.82) is 0 Å². The standard InChI is InChI=1S/C15H13N3S/c1-18(16-11-12-7-3-2-4-8-12)15-17-13-9-5-6-10-14(13)19-15/h2-11H,1H3. The lowest BCUT2D eigenvalue weighted by molar-refractivity contribution is 1.01. The number of nitrogens with zero attached hydrogens (tertiary/aromatic N) is 3. The molecule has 1 aromatic heterocycles. The molecule has 3 rings (SSSR count). The molecule has 0 spiro atoms. The number of hydrazone groups is 1. The Balaban J connectivity index is 1.84. The number of rotatable bonds is 3. The Morgan fingerprint density at radius 3 is 2.58 bits per heavy atom. The molecule has 0 unspecified atom stereocenters. The summed E-state index contributed by atoms with van der Waals surface area (Å²) in [6.07, 6.45) is 1.84. The fraction of sp³-hybridized carbons (Fsp3) is 0.0667. The van der Waals surface area contributed by atoms with Crippen molar-refractivity contribution in [3.05, 3.63) is 60.2 Å². The third-order valence-electron chi connectivity index (χ3n) is 2.74. The van der Waals surface area contributed by atoms with Crippen LogP contribution in [0.15, 0.2) is 59.7 Å². The Morgan fingerprint density at radius 2 is 1.79 bits per heavy atom. The van der Waals surface area contributed by atoms with Crippen molar-refractivity contribution >= 4 is 32.9 Å². The van der Waals surface area contributed by atoms with Gasteiger partial charge in [0.15, 0.2) is 0 Å². The minimum Gasteiger partial charge on any atom is -0.242 e. The molecule has 94 valence electrons. The van der Waals surface area contributed by atoms with Crippen LogP contribution in [0.25, 0.3) is 10.2 Å². The third kappa shape index (κ3) is 2.63. The van der Waals surface area contributed by atoms with Crippen molar-refractivity contribution in [3.63, 3.8) is 0 Å². The second kappa shape index (κ2) is 5.20. The minimum atomic E-state index is 0.897. The molecule has 0 atom stereocenters. The Kier molecular flexibility index (Phi) is 3.25. The second-order valence-corrected chi connectivity index (χ2v) is 5.15. The topological polar surface area (TPSA) is 28.5 Å². The van der Waals surface area contributed by atoms with Crippen LogP contribution in [0.2, 0.25) is 0 Å². The number of aromatic nitrogens is 1. The van der Waals surface area contributed by atoms with Gasteiger partial charge in [0.2, 0.25) is 5.13 Å². The molecule has 1 heterocycles. The van der Waals surface area contributed by atoms with Crippen molar-refractivity contribution in [2.45, 2.75) is 0 Å². The molecule has 19 heavy (non-hydrogen) atoms. The summed E-state index contributed by atoms with van der Waals surface area (Å²) in [5.74, 6) is 0. The summed E-state index contributed by atoms with van der Waals surface area (Å²) in [5.41, 5.74) is 2.10. The van der Waals surface area contributed by atoms with E-state index in [1.807, 2.05) is 61.8 Å². The zero-order valence-corrected chi connectivity index (χ0v) is 11.3. The summed E-state index contributed by atoms with van der Waals surface area (Å²) < 4.78 is 1.18. The van der Waals surface area contributed by atoms with Gasteiger partial charge in [0.1, 0.15) is 0 Å². The molecule has 4 heteroatoms. The van der Waals surface area contributed by atoms with E-state index in [1.54, 1.807) is 16.3 Å². The quantitative estimate of drug-likeness (QED) is 0.534. The van der Waals surface area contributed by atoms with Crippen LogP contribution in [0.4, 0.5) is 5.13 Å². The molecule has 0 fully saturated rings. The van der Waals surface area contributed by atoms with Crippen molar-refractivity contribution in [3.8, 4) is 0 Å². The molecule has 0 N–H and O–H groups in total. The highest BCUT2D eigenvalue weighted by molar-refractivity contribution is 7.22. The third-order valence-corrected chi connectivity index (χ3v) is 3.84. The van der Waals surface area contributed by atoms with Gasteiger partial charge < -0.3 is 0 Å². The first-order valence-corrected chi connectivity index (χ1v) is 6.83. The maximum absolute atomic E-state index is 4.56. The van der Waals surface area contributed by atoms with E-state index in [9.17, 15) is 0 Å². The lowest BCUT2D eigenvalue weighted by Crippen LogP contribution is -2.08. The van der Waals surface area contributed by atoms with E-state index in [4.69, 9.17) is 0 Å². The first-order valence-electron chi connectivity index (χ1n) is 6.01. The molecule has 0 aliphatic rings. The van der Waals surface area contributed by atoms with Gasteiger partial charge in [0, 0.05) is 7.05 Å². The van der Waals surface area contributed by atoms with Crippen LogP contribution in [-0.2, 0) is 0 Å². The fourth-order valence-electron chi connectivity index (χ4n) is 1.74. The zero-order chi connectivity index (χ0) is 13.1. The highest BCUT2D eigenvalue weighted by Crippen LogP contribution is 2.27. The molecule has 0 saturated carbocycles. The van der Waals surface area contributed by atoms with E-state index in [1.165, 1.54) is 4.70 Å². The monoisotopic (exact) mass is 267 g/mol. The number of anilines is 1. The molecule has 3 nitrogen and oxygen atoms in total. The Labute approximate surface area is 115 Å². The Bertz CT molecular complexity index is 670. The van der Waals surface area contributed by atoms with Crippen LogP contribution in [-0.4, -0.2) is 18.2 Å². The van der Waals surface area contributed by atoms with Gasteiger partial charge in [-0.05, 0) is 17.7 Å². The molecule has 3 aromatic rings. The second-order valence-electron chi connectivity index (χ2n) is 4.14. The van der Waals surface area contributed by atoms with E-state index in [-0.39, 0.29) is 0 Å². The van der Waals surface area contributed by atoms with E-state index < -0.39 is 0 Å². The zero-order valence-electron chi connectivity index (χ0n) is 10.5. The molecule has 0 aliphatic carbocycles. The van der Waals surface area contributed by atoms with Crippen molar-refractivity contribution < 1.29 is 0 Å². The van der Waals surface area contributed by atoms with Gasteiger partial charge >= 0.3 is 0 Å². The van der Waals surface area contributed by atoms with Gasteiger partial charge in [-0.3, -0.25) is 0 Å². The molecule has 0 amide bonds. The van der Waals surface area contributed by atoms with Crippen LogP contribution in [0.1, 0.15) is 5.56 Å². The molecular weight excluding hydrogens is 254 g/mol. The average molecular weight is 267 g/mol. The predicted molar refractivity (Wildman–Crippen MR) is 82.1 cm³/mol. The number of benzene rings is 2. The summed E-state index contributed by atoms with van der Waals surface area (Å²) in [5, 5.41) is 7.12. The van der Waals surface area contributed by atoms with Gasteiger partial charge in [-0.25, -0.2) is 9.99 Å². The van der Waals surface area contributed by atoms with Crippen LogP contribution >= 0.6 is 11.3 Å². The van der Waals surface area contributed by atoms with E-state index in [0.29, 0.717) is 0 Å². The minimum absolute atomic E-state index is 0.897. The summed E-state index contributed by atoms with van der Waals surface area (Å²) in [7, 11) is 1.91. The van der Waals surface area contributed by atoms with Crippen molar-refractivity contribution in [1.82, 2.24) is 4.98 Å². The number of para-hydroxylation sites is 1. The average Bonchev–Trinajstić information content (AvgIpc) is 2.90. The van der Waals surface area contributed by atoms with Gasteiger partial charge in [0.05, 0.1) is 16.4 Å². The number of thiazole rings is 1. The van der Waals surface area contributed by atoms with E-state index in [0.717, 1.165) is 16.2 Å². The fourth-order valence-corrected chi connectivity index (χ4v) is 2.63. The molecule has 2 aromatic carbocycles. The predicted octanol–water partition coefficient (Wildman–Crippen LogP) is 3.77. The van der Waals surface area contributed by atoms with E-state index >= 15 is 0 Å². The lowest BCUT2D eigenvalue weighted by Gasteiger charge is -2.07. The summed E-state index contributed by atoms with van der Waals surface area (Å²) in [6, 6.07) is 18.2. The first kappa shape index (κ1) is 11.9. The maximum Gasteiger partial charge on any atom is 0.206 e. The number of fused-ring (bicyclic) bond motifs is 1. The first-order chi connectivity index (χ1) is 9.33. The van der Waals surface area contributed by atoms with Crippen LogP contribution < -0.4 is 5.01 Å². The van der Waals surface area contributed by atoms with Crippen molar-refractivity contribution in [2.24, 2.45) is 5.10 Å². The Morgan fingerprint density at radius 1 is 1.05 bits per heavy atom. The molecule has 0 aliphatic heterocycles. The van der Waals surface area contributed by atoms with Gasteiger partial charge in [-0.1, -0.05) is 53.8 Å². The summed E-state index contributed by atoms with van der Waals surface area (Å²) in [6.45, 7) is 0. The SMILES string of the molecule is CN(N=Cc1ccccc1)c1nc2ccccc2s1. The number of hydrogen-bond acceptors (Lipinski definition) is 4. The van der Waals surface area contributed by atoms with Crippen LogP contribution in [0, 0.1) is 0 Å². The molecule has 0 saturated heterocycles. The van der Waals surface area contributed by atoms with Gasteiger partial charge in [-0.2, -0.15) is 5.10 Å². The smallest absolute Gasteiger partial charge is 0.206 e. The van der Waals surface area contributed by atoms with Crippen molar-refractivity contribution in [2.75, 3.05) is 12.1 Å². The molecule has 0 radical (unpaired) electrons. The Hall–Kier alpha value is -2.20.